The average Bonchev–Trinajstić information content (AvgIpc) is 2.73. The van der Waals surface area contributed by atoms with Crippen LogP contribution < -0.4 is 5.43 Å². The zero-order valence-corrected chi connectivity index (χ0v) is 16.7. The van der Waals surface area contributed by atoms with Gasteiger partial charge in [0.2, 0.25) is 0 Å². The van der Waals surface area contributed by atoms with Crippen LogP contribution in [0.3, 0.4) is 0 Å². The Bertz CT molecular complexity index is 1200. The summed E-state index contributed by atoms with van der Waals surface area (Å²) in [5.74, 6) is 0. The minimum absolute atomic E-state index is 0.0212. The van der Waals surface area contributed by atoms with E-state index in [1.54, 1.807) is 18.2 Å². The van der Waals surface area contributed by atoms with Crippen molar-refractivity contribution >= 4 is 23.2 Å². The minimum atomic E-state index is -0.0212. The SMILES string of the molecule is Cc1c(-c2ccc(Cl)c(Cl)c2)n(-c2ccccc2)c(-c2ccccc2)cc1=O. The summed E-state index contributed by atoms with van der Waals surface area (Å²) in [6.07, 6.45) is 0. The second kappa shape index (κ2) is 7.67. The van der Waals surface area contributed by atoms with Gasteiger partial charge in [0.1, 0.15) is 0 Å². The van der Waals surface area contributed by atoms with Gasteiger partial charge in [0.25, 0.3) is 0 Å². The van der Waals surface area contributed by atoms with Gasteiger partial charge in [0.15, 0.2) is 5.43 Å². The van der Waals surface area contributed by atoms with Crippen molar-refractivity contribution in [3.05, 3.63) is 111 Å². The first-order valence-corrected chi connectivity index (χ1v) is 9.65. The number of hydrogen-bond acceptors (Lipinski definition) is 1. The van der Waals surface area contributed by atoms with Crippen LogP contribution in [0, 0.1) is 6.92 Å². The van der Waals surface area contributed by atoms with Crippen LogP contribution in [-0.4, -0.2) is 4.57 Å². The van der Waals surface area contributed by atoms with Crippen molar-refractivity contribution in [3.8, 4) is 28.2 Å². The first-order valence-electron chi connectivity index (χ1n) is 8.89. The fourth-order valence-electron chi connectivity index (χ4n) is 3.36. The van der Waals surface area contributed by atoms with Gasteiger partial charge in [-0.2, -0.15) is 0 Å². The fourth-order valence-corrected chi connectivity index (χ4v) is 3.66. The normalized spacial score (nSPS) is 10.8. The van der Waals surface area contributed by atoms with Crippen LogP contribution in [-0.2, 0) is 0 Å². The Morgan fingerprint density at radius 3 is 2.00 bits per heavy atom. The highest BCUT2D eigenvalue weighted by Gasteiger charge is 2.17. The van der Waals surface area contributed by atoms with E-state index in [2.05, 4.69) is 4.57 Å². The maximum atomic E-state index is 12.9. The Hall–Kier alpha value is -2.81. The molecule has 0 aliphatic carbocycles. The summed E-state index contributed by atoms with van der Waals surface area (Å²) in [5.41, 5.74) is 5.02. The number of pyridine rings is 1. The predicted molar refractivity (Wildman–Crippen MR) is 118 cm³/mol. The highest BCUT2D eigenvalue weighted by atomic mass is 35.5. The molecule has 0 fully saturated rings. The van der Waals surface area contributed by atoms with E-state index in [1.165, 1.54) is 0 Å². The molecule has 1 heterocycles. The second-order valence-electron chi connectivity index (χ2n) is 6.53. The molecule has 0 spiro atoms. The molecule has 3 aromatic carbocycles. The average molecular weight is 406 g/mol. The zero-order chi connectivity index (χ0) is 19.7. The summed E-state index contributed by atoms with van der Waals surface area (Å²) in [7, 11) is 0. The van der Waals surface area contributed by atoms with Gasteiger partial charge < -0.3 is 4.57 Å². The molecule has 138 valence electrons. The molecule has 0 atom stereocenters. The number of halogens is 2. The fraction of sp³-hybridized carbons (Fsp3) is 0.0417. The molecule has 0 unspecified atom stereocenters. The van der Waals surface area contributed by atoms with Gasteiger partial charge in [-0.3, -0.25) is 4.79 Å². The molecular weight excluding hydrogens is 389 g/mol. The van der Waals surface area contributed by atoms with Gasteiger partial charge in [-0.15, -0.1) is 0 Å². The van der Waals surface area contributed by atoms with E-state index in [0.717, 1.165) is 28.2 Å². The van der Waals surface area contributed by atoms with Gasteiger partial charge in [-0.1, -0.05) is 77.8 Å². The van der Waals surface area contributed by atoms with Crippen LogP contribution in [0.25, 0.3) is 28.2 Å². The van der Waals surface area contributed by atoms with E-state index in [-0.39, 0.29) is 5.43 Å². The lowest BCUT2D eigenvalue weighted by molar-refractivity contribution is 1.04. The molecule has 0 amide bonds. The predicted octanol–water partition coefficient (Wildman–Crippen LogP) is 6.79. The van der Waals surface area contributed by atoms with E-state index in [1.807, 2.05) is 73.7 Å². The van der Waals surface area contributed by atoms with Gasteiger partial charge in [0, 0.05) is 22.9 Å². The molecule has 0 N–H and O–H groups in total. The summed E-state index contributed by atoms with van der Waals surface area (Å²) in [6, 6.07) is 27.0. The van der Waals surface area contributed by atoms with Gasteiger partial charge >= 0.3 is 0 Å². The summed E-state index contributed by atoms with van der Waals surface area (Å²) in [6.45, 7) is 1.84. The molecular formula is C24H17Cl2NO. The van der Waals surface area contributed by atoms with Crippen molar-refractivity contribution in [2.24, 2.45) is 0 Å². The summed E-state index contributed by atoms with van der Waals surface area (Å²) < 4.78 is 2.10. The van der Waals surface area contributed by atoms with Crippen molar-refractivity contribution in [2.45, 2.75) is 6.92 Å². The molecule has 0 radical (unpaired) electrons. The lowest BCUT2D eigenvalue weighted by Gasteiger charge is -2.21. The molecule has 28 heavy (non-hydrogen) atoms. The molecule has 4 aromatic rings. The lowest BCUT2D eigenvalue weighted by atomic mass is 10.0. The number of para-hydroxylation sites is 1. The highest BCUT2D eigenvalue weighted by molar-refractivity contribution is 6.42. The Kier molecular flexibility index (Phi) is 5.08. The number of aromatic nitrogens is 1. The molecule has 4 heteroatoms. The lowest BCUT2D eigenvalue weighted by Crippen LogP contribution is -2.15. The van der Waals surface area contributed by atoms with Crippen molar-refractivity contribution in [3.63, 3.8) is 0 Å². The van der Waals surface area contributed by atoms with E-state index >= 15 is 0 Å². The zero-order valence-electron chi connectivity index (χ0n) is 15.2. The number of hydrogen-bond donors (Lipinski definition) is 0. The van der Waals surface area contributed by atoms with Crippen LogP contribution >= 0.6 is 23.2 Å². The van der Waals surface area contributed by atoms with Crippen LogP contribution in [0.2, 0.25) is 10.0 Å². The Morgan fingerprint density at radius 1 is 0.714 bits per heavy atom. The van der Waals surface area contributed by atoms with Crippen molar-refractivity contribution < 1.29 is 0 Å². The third-order valence-corrected chi connectivity index (χ3v) is 5.47. The third kappa shape index (κ3) is 3.37. The topological polar surface area (TPSA) is 22.0 Å². The summed E-state index contributed by atoms with van der Waals surface area (Å²) in [4.78, 5) is 12.9. The van der Waals surface area contributed by atoms with Crippen LogP contribution in [0.4, 0.5) is 0 Å². The van der Waals surface area contributed by atoms with Crippen molar-refractivity contribution in [1.82, 2.24) is 4.57 Å². The Morgan fingerprint density at radius 2 is 1.36 bits per heavy atom. The molecule has 0 aliphatic heterocycles. The van der Waals surface area contributed by atoms with E-state index in [4.69, 9.17) is 23.2 Å². The highest BCUT2D eigenvalue weighted by Crippen LogP contribution is 2.34. The van der Waals surface area contributed by atoms with E-state index in [0.29, 0.717) is 15.6 Å². The van der Waals surface area contributed by atoms with Crippen LogP contribution in [0.1, 0.15) is 5.56 Å². The van der Waals surface area contributed by atoms with Crippen molar-refractivity contribution in [2.75, 3.05) is 0 Å². The molecule has 1 aromatic heterocycles. The Labute approximate surface area is 173 Å². The minimum Gasteiger partial charge on any atom is -0.309 e. The second-order valence-corrected chi connectivity index (χ2v) is 7.35. The smallest absolute Gasteiger partial charge is 0.185 e. The summed E-state index contributed by atoms with van der Waals surface area (Å²) in [5, 5.41) is 0.937. The number of nitrogens with zero attached hydrogens (tertiary/aromatic N) is 1. The van der Waals surface area contributed by atoms with Gasteiger partial charge in [-0.05, 0) is 36.8 Å². The first kappa shape index (κ1) is 18.5. The van der Waals surface area contributed by atoms with Gasteiger partial charge in [0.05, 0.1) is 21.4 Å². The van der Waals surface area contributed by atoms with Crippen LogP contribution in [0.5, 0.6) is 0 Å². The van der Waals surface area contributed by atoms with Crippen molar-refractivity contribution in [1.29, 1.82) is 0 Å². The molecule has 0 saturated carbocycles. The Balaban J connectivity index is 2.14. The number of benzene rings is 3. The largest absolute Gasteiger partial charge is 0.309 e. The van der Waals surface area contributed by atoms with E-state index in [9.17, 15) is 4.79 Å². The number of rotatable bonds is 3. The summed E-state index contributed by atoms with van der Waals surface area (Å²) >= 11 is 12.4. The maximum Gasteiger partial charge on any atom is 0.185 e. The monoisotopic (exact) mass is 405 g/mol. The molecule has 0 saturated heterocycles. The first-order chi connectivity index (χ1) is 13.6. The van der Waals surface area contributed by atoms with Gasteiger partial charge in [-0.25, -0.2) is 0 Å². The molecule has 2 nitrogen and oxygen atoms in total. The standard InChI is InChI=1S/C24H17Cl2NO/c1-16-23(28)15-22(17-8-4-2-5-9-17)27(19-10-6-3-7-11-19)24(16)18-12-13-20(25)21(26)14-18/h2-15H,1H3. The molecule has 0 aliphatic rings. The van der Waals surface area contributed by atoms with Crippen LogP contribution in [0.15, 0.2) is 89.7 Å². The third-order valence-electron chi connectivity index (χ3n) is 4.73. The quantitative estimate of drug-likeness (QED) is 0.367. The molecule has 4 rings (SSSR count). The maximum absolute atomic E-state index is 12.9. The van der Waals surface area contributed by atoms with E-state index < -0.39 is 0 Å². The molecule has 0 bridgehead atoms.